The molecule has 0 saturated carbocycles. The van der Waals surface area contributed by atoms with E-state index in [1.54, 1.807) is 14.2 Å². The highest BCUT2D eigenvalue weighted by atomic mass is 16.5. The molecule has 2 atom stereocenters. The lowest BCUT2D eigenvalue weighted by atomic mass is 9.88. The molecule has 0 spiro atoms. The molecule has 1 aliphatic rings. The first-order valence-electron chi connectivity index (χ1n) is 7.17. The fraction of sp³-hybridized carbons (Fsp3) is 0.562. The molecule has 0 aromatic heterocycles. The molecule has 116 valence electrons. The highest BCUT2D eigenvalue weighted by molar-refractivity contribution is 5.74. The van der Waals surface area contributed by atoms with Gasteiger partial charge >= 0.3 is 5.97 Å². The van der Waals surface area contributed by atoms with Crippen LogP contribution >= 0.6 is 0 Å². The number of benzene rings is 1. The standard InChI is InChI=1S/C16H23NO4/c1-5-21-16(18)15-10-17(2)9-14(15)11-6-12(19-3)8-13(7-11)20-4/h6-8,14-15H,5,9-10H2,1-4H3. The van der Waals surface area contributed by atoms with Gasteiger partial charge in [0.05, 0.1) is 26.7 Å². The van der Waals surface area contributed by atoms with E-state index in [1.807, 2.05) is 32.2 Å². The molecule has 0 amide bonds. The van der Waals surface area contributed by atoms with Crippen LogP contribution in [0.15, 0.2) is 18.2 Å². The van der Waals surface area contributed by atoms with Crippen LogP contribution in [0.4, 0.5) is 0 Å². The zero-order valence-electron chi connectivity index (χ0n) is 13.1. The minimum absolute atomic E-state index is 0.0954. The van der Waals surface area contributed by atoms with Crippen LogP contribution in [0.3, 0.4) is 0 Å². The number of carbonyl (C=O) groups is 1. The Hall–Kier alpha value is -1.75. The van der Waals surface area contributed by atoms with E-state index in [4.69, 9.17) is 14.2 Å². The lowest BCUT2D eigenvalue weighted by Gasteiger charge is -2.19. The fourth-order valence-corrected chi connectivity index (χ4v) is 2.87. The molecule has 5 heteroatoms. The SMILES string of the molecule is CCOC(=O)C1CN(C)CC1c1cc(OC)cc(OC)c1. The summed E-state index contributed by atoms with van der Waals surface area (Å²) in [5, 5.41) is 0. The third-order valence-corrected chi connectivity index (χ3v) is 3.89. The maximum atomic E-state index is 12.2. The third-order valence-electron chi connectivity index (χ3n) is 3.89. The van der Waals surface area contributed by atoms with Crippen LogP contribution in [-0.2, 0) is 9.53 Å². The number of likely N-dealkylation sites (tertiary alicyclic amines) is 1. The normalized spacial score (nSPS) is 22.1. The lowest BCUT2D eigenvalue weighted by molar-refractivity contribution is -0.147. The van der Waals surface area contributed by atoms with Crippen molar-refractivity contribution in [2.24, 2.45) is 5.92 Å². The summed E-state index contributed by atoms with van der Waals surface area (Å²) < 4.78 is 15.8. The molecule has 2 unspecified atom stereocenters. The molecule has 1 aliphatic heterocycles. The van der Waals surface area contributed by atoms with Gasteiger partial charge in [-0.15, -0.1) is 0 Å². The van der Waals surface area contributed by atoms with Crippen LogP contribution < -0.4 is 9.47 Å². The summed E-state index contributed by atoms with van der Waals surface area (Å²) in [5.41, 5.74) is 1.05. The Morgan fingerprint density at radius 3 is 2.33 bits per heavy atom. The summed E-state index contributed by atoms with van der Waals surface area (Å²) in [5.74, 6) is 1.29. The van der Waals surface area contributed by atoms with Gasteiger partial charge in [0.25, 0.3) is 0 Å². The second-order valence-electron chi connectivity index (χ2n) is 5.33. The van der Waals surface area contributed by atoms with Crippen LogP contribution in [0.2, 0.25) is 0 Å². The van der Waals surface area contributed by atoms with Gasteiger partial charge in [-0.3, -0.25) is 4.79 Å². The van der Waals surface area contributed by atoms with E-state index in [2.05, 4.69) is 4.90 Å². The maximum absolute atomic E-state index is 12.2. The van der Waals surface area contributed by atoms with Crippen molar-refractivity contribution in [3.63, 3.8) is 0 Å². The first-order chi connectivity index (χ1) is 10.1. The van der Waals surface area contributed by atoms with Crippen LogP contribution in [0.5, 0.6) is 11.5 Å². The number of methoxy groups -OCH3 is 2. The summed E-state index contributed by atoms with van der Waals surface area (Å²) in [6.07, 6.45) is 0. The number of hydrogen-bond donors (Lipinski definition) is 0. The van der Waals surface area contributed by atoms with E-state index in [1.165, 1.54) is 0 Å². The second-order valence-corrected chi connectivity index (χ2v) is 5.33. The summed E-state index contributed by atoms with van der Waals surface area (Å²) >= 11 is 0. The summed E-state index contributed by atoms with van der Waals surface area (Å²) in [7, 11) is 5.27. The smallest absolute Gasteiger partial charge is 0.310 e. The molecule has 2 rings (SSSR count). The first-order valence-corrected chi connectivity index (χ1v) is 7.17. The number of nitrogens with zero attached hydrogens (tertiary/aromatic N) is 1. The van der Waals surface area contributed by atoms with Crippen molar-refractivity contribution in [2.45, 2.75) is 12.8 Å². The molecule has 1 fully saturated rings. The van der Waals surface area contributed by atoms with Gasteiger partial charge < -0.3 is 19.1 Å². The average molecular weight is 293 g/mol. The Morgan fingerprint density at radius 1 is 1.19 bits per heavy atom. The third kappa shape index (κ3) is 3.47. The Bertz CT molecular complexity index is 481. The second kappa shape index (κ2) is 6.80. The van der Waals surface area contributed by atoms with Crippen molar-refractivity contribution in [2.75, 3.05) is 41.0 Å². The molecule has 1 heterocycles. The van der Waals surface area contributed by atoms with Gasteiger partial charge in [-0.05, 0) is 31.7 Å². The zero-order chi connectivity index (χ0) is 15.4. The van der Waals surface area contributed by atoms with Crippen molar-refractivity contribution in [3.05, 3.63) is 23.8 Å². The average Bonchev–Trinajstić information content (AvgIpc) is 2.89. The van der Waals surface area contributed by atoms with E-state index in [0.29, 0.717) is 13.2 Å². The number of carbonyl (C=O) groups excluding carboxylic acids is 1. The maximum Gasteiger partial charge on any atom is 0.310 e. The number of rotatable bonds is 5. The quantitative estimate of drug-likeness (QED) is 0.776. The van der Waals surface area contributed by atoms with Crippen molar-refractivity contribution >= 4 is 5.97 Å². The van der Waals surface area contributed by atoms with Gasteiger partial charge in [0.1, 0.15) is 11.5 Å². The molecule has 0 N–H and O–H groups in total. The van der Waals surface area contributed by atoms with Gasteiger partial charge in [-0.25, -0.2) is 0 Å². The Kier molecular flexibility index (Phi) is 5.07. The predicted molar refractivity (Wildman–Crippen MR) is 79.9 cm³/mol. The number of hydrogen-bond acceptors (Lipinski definition) is 5. The summed E-state index contributed by atoms with van der Waals surface area (Å²) in [6.45, 7) is 3.77. The van der Waals surface area contributed by atoms with Crippen molar-refractivity contribution in [1.29, 1.82) is 0 Å². The molecule has 0 bridgehead atoms. The molecule has 1 aromatic carbocycles. The predicted octanol–water partition coefficient (Wildman–Crippen LogP) is 1.91. The Labute approximate surface area is 125 Å². The minimum atomic E-state index is -0.147. The van der Waals surface area contributed by atoms with Gasteiger partial charge in [0, 0.05) is 25.1 Å². The van der Waals surface area contributed by atoms with Gasteiger partial charge in [-0.2, -0.15) is 0 Å². The summed E-state index contributed by atoms with van der Waals surface area (Å²) in [4.78, 5) is 14.3. The molecular formula is C16H23NO4. The molecule has 0 aliphatic carbocycles. The molecule has 1 saturated heterocycles. The van der Waals surface area contributed by atoms with E-state index in [0.717, 1.165) is 23.6 Å². The van der Waals surface area contributed by atoms with Crippen LogP contribution in [0, 0.1) is 5.92 Å². The number of ether oxygens (including phenoxy) is 3. The number of esters is 1. The Balaban J connectivity index is 2.31. The molecule has 1 aromatic rings. The lowest BCUT2D eigenvalue weighted by Crippen LogP contribution is -2.24. The monoisotopic (exact) mass is 293 g/mol. The van der Waals surface area contributed by atoms with E-state index in [-0.39, 0.29) is 17.8 Å². The van der Waals surface area contributed by atoms with Crippen LogP contribution in [0.1, 0.15) is 18.4 Å². The first kappa shape index (κ1) is 15.6. The zero-order valence-corrected chi connectivity index (χ0v) is 13.1. The van der Waals surface area contributed by atoms with Crippen molar-refractivity contribution in [1.82, 2.24) is 4.90 Å². The fourth-order valence-electron chi connectivity index (χ4n) is 2.87. The van der Waals surface area contributed by atoms with Gasteiger partial charge in [0.2, 0.25) is 0 Å². The largest absolute Gasteiger partial charge is 0.497 e. The van der Waals surface area contributed by atoms with Crippen LogP contribution in [-0.4, -0.2) is 51.8 Å². The van der Waals surface area contributed by atoms with Crippen molar-refractivity contribution < 1.29 is 19.0 Å². The van der Waals surface area contributed by atoms with Crippen molar-refractivity contribution in [3.8, 4) is 11.5 Å². The van der Waals surface area contributed by atoms with E-state index in [9.17, 15) is 4.79 Å². The number of likely N-dealkylation sites (N-methyl/N-ethyl adjacent to an activating group) is 1. The Morgan fingerprint density at radius 2 is 1.81 bits per heavy atom. The highest BCUT2D eigenvalue weighted by Crippen LogP contribution is 2.36. The summed E-state index contributed by atoms with van der Waals surface area (Å²) in [6, 6.07) is 5.78. The van der Waals surface area contributed by atoms with E-state index < -0.39 is 0 Å². The minimum Gasteiger partial charge on any atom is -0.497 e. The van der Waals surface area contributed by atoms with Gasteiger partial charge in [0.15, 0.2) is 0 Å². The topological polar surface area (TPSA) is 48.0 Å². The highest BCUT2D eigenvalue weighted by Gasteiger charge is 2.38. The molecule has 21 heavy (non-hydrogen) atoms. The van der Waals surface area contributed by atoms with E-state index >= 15 is 0 Å². The van der Waals surface area contributed by atoms with Crippen LogP contribution in [0.25, 0.3) is 0 Å². The molecule has 0 radical (unpaired) electrons. The van der Waals surface area contributed by atoms with Gasteiger partial charge in [-0.1, -0.05) is 0 Å². The molecule has 5 nitrogen and oxygen atoms in total. The molecular weight excluding hydrogens is 270 g/mol.